The van der Waals surface area contributed by atoms with Crippen molar-refractivity contribution >= 4 is 28.8 Å². The smallest absolute Gasteiger partial charge is 0.317 e. The normalized spacial score (nSPS) is 20.4. The molecule has 10 heteroatoms. The molecule has 0 spiro atoms. The molecule has 39 heavy (non-hydrogen) atoms. The first-order chi connectivity index (χ1) is 18.7. The predicted octanol–water partition coefficient (Wildman–Crippen LogP) is 4.58. The number of amides is 3. The zero-order valence-electron chi connectivity index (χ0n) is 23.2. The average molecular weight is 536 g/mol. The molecule has 2 N–H and O–H groups in total. The molecule has 2 atom stereocenters. The highest BCUT2D eigenvalue weighted by Crippen LogP contribution is 2.32. The Labute approximate surface area is 228 Å². The summed E-state index contributed by atoms with van der Waals surface area (Å²) >= 11 is 0. The van der Waals surface area contributed by atoms with Crippen LogP contribution in [0.1, 0.15) is 51.1 Å². The van der Waals surface area contributed by atoms with Crippen molar-refractivity contribution in [2.24, 2.45) is 5.92 Å². The van der Waals surface area contributed by atoms with E-state index in [0.717, 1.165) is 62.1 Å². The van der Waals surface area contributed by atoms with Crippen LogP contribution in [0.3, 0.4) is 0 Å². The number of anilines is 1. The number of imidazole rings is 1. The van der Waals surface area contributed by atoms with Gasteiger partial charge in [0.25, 0.3) is 0 Å². The first kappa shape index (κ1) is 27.1. The van der Waals surface area contributed by atoms with Gasteiger partial charge in [-0.25, -0.2) is 19.2 Å². The van der Waals surface area contributed by atoms with Gasteiger partial charge in [-0.2, -0.15) is 0 Å². The summed E-state index contributed by atoms with van der Waals surface area (Å²) in [5, 5.41) is 6.13. The van der Waals surface area contributed by atoms with E-state index in [2.05, 4.69) is 32.5 Å². The zero-order chi connectivity index (χ0) is 27.7. The van der Waals surface area contributed by atoms with E-state index in [1.54, 1.807) is 18.6 Å². The maximum absolute atomic E-state index is 15.0. The van der Waals surface area contributed by atoms with Gasteiger partial charge in [0.1, 0.15) is 11.3 Å². The third-order valence-electron chi connectivity index (χ3n) is 8.02. The molecular formula is C29H38FN7O2. The summed E-state index contributed by atoms with van der Waals surface area (Å²) in [6.45, 7) is 9.17. The van der Waals surface area contributed by atoms with Crippen LogP contribution >= 0.6 is 0 Å². The number of benzene rings is 1. The van der Waals surface area contributed by atoms with Crippen molar-refractivity contribution < 1.29 is 14.0 Å². The van der Waals surface area contributed by atoms with Crippen LogP contribution in [-0.4, -0.2) is 75.5 Å². The van der Waals surface area contributed by atoms with E-state index in [1.807, 2.05) is 36.3 Å². The Hall–Kier alpha value is -3.53. The number of pyridine rings is 1. The van der Waals surface area contributed by atoms with Gasteiger partial charge in [-0.3, -0.25) is 4.79 Å². The predicted molar refractivity (Wildman–Crippen MR) is 150 cm³/mol. The largest absolute Gasteiger partial charge is 0.335 e. The molecule has 3 aromatic rings. The molecule has 0 radical (unpaired) electrons. The van der Waals surface area contributed by atoms with Crippen LogP contribution in [0.15, 0.2) is 30.7 Å². The van der Waals surface area contributed by atoms with Gasteiger partial charge in [-0.15, -0.1) is 0 Å². The van der Waals surface area contributed by atoms with E-state index >= 15 is 0 Å². The molecule has 2 fully saturated rings. The molecule has 1 aliphatic heterocycles. The summed E-state index contributed by atoms with van der Waals surface area (Å²) < 4.78 is 16.9. The highest BCUT2D eigenvalue weighted by atomic mass is 19.1. The van der Waals surface area contributed by atoms with Gasteiger partial charge in [-0.05, 0) is 82.0 Å². The highest BCUT2D eigenvalue weighted by Gasteiger charge is 2.30. The maximum Gasteiger partial charge on any atom is 0.317 e. The van der Waals surface area contributed by atoms with E-state index in [-0.39, 0.29) is 35.8 Å². The summed E-state index contributed by atoms with van der Waals surface area (Å²) in [7, 11) is 2.06. The Morgan fingerprint density at radius 3 is 2.59 bits per heavy atom. The molecule has 0 bridgehead atoms. The van der Waals surface area contributed by atoms with Crippen molar-refractivity contribution in [3.05, 3.63) is 42.1 Å². The number of hydrogen-bond acceptors (Lipinski definition) is 5. The third kappa shape index (κ3) is 5.90. The minimum absolute atomic E-state index is 0.0243. The lowest BCUT2D eigenvalue weighted by Gasteiger charge is -2.35. The Balaban J connectivity index is 1.27. The fourth-order valence-electron chi connectivity index (χ4n) is 5.62. The number of halogens is 1. The van der Waals surface area contributed by atoms with Crippen molar-refractivity contribution in [1.29, 1.82) is 0 Å². The van der Waals surface area contributed by atoms with Gasteiger partial charge in [0.2, 0.25) is 5.91 Å². The Kier molecular flexibility index (Phi) is 7.83. The Morgan fingerprint density at radius 1 is 1.08 bits per heavy atom. The zero-order valence-corrected chi connectivity index (χ0v) is 23.2. The van der Waals surface area contributed by atoms with E-state index < -0.39 is 0 Å². The summed E-state index contributed by atoms with van der Waals surface area (Å²) in [5.41, 5.74) is 3.47. The molecule has 5 rings (SSSR count). The quantitative estimate of drug-likeness (QED) is 0.499. The van der Waals surface area contributed by atoms with Gasteiger partial charge in [-0.1, -0.05) is 6.42 Å². The second kappa shape index (κ2) is 11.3. The third-order valence-corrected chi connectivity index (χ3v) is 8.02. The van der Waals surface area contributed by atoms with Crippen molar-refractivity contribution in [2.75, 3.05) is 38.5 Å². The first-order valence-electron chi connectivity index (χ1n) is 13.9. The minimum atomic E-state index is -0.379. The number of fused-ring (bicyclic) bond motifs is 1. The van der Waals surface area contributed by atoms with Crippen LogP contribution in [0.25, 0.3) is 22.2 Å². The summed E-state index contributed by atoms with van der Waals surface area (Å²) in [4.78, 5) is 38.7. The molecule has 2 aliphatic rings. The summed E-state index contributed by atoms with van der Waals surface area (Å²) in [6, 6.07) is 5.31. The molecule has 3 amide bonds. The van der Waals surface area contributed by atoms with Crippen LogP contribution < -0.4 is 10.6 Å². The number of likely N-dealkylation sites (N-methyl/N-ethyl adjacent to an activating group) is 1. The van der Waals surface area contributed by atoms with Crippen LogP contribution in [-0.2, 0) is 4.79 Å². The number of aromatic nitrogens is 3. The molecule has 3 heterocycles. The number of nitrogens with zero attached hydrogens (tertiary/aromatic N) is 5. The van der Waals surface area contributed by atoms with Crippen LogP contribution in [0.2, 0.25) is 0 Å². The van der Waals surface area contributed by atoms with Crippen molar-refractivity contribution in [2.45, 2.75) is 58.5 Å². The Morgan fingerprint density at radius 2 is 1.85 bits per heavy atom. The highest BCUT2D eigenvalue weighted by molar-refractivity contribution is 5.93. The topological polar surface area (TPSA) is 95.4 Å². The second-order valence-corrected chi connectivity index (χ2v) is 11.2. The lowest BCUT2D eigenvalue weighted by Crippen LogP contribution is -2.53. The monoisotopic (exact) mass is 535 g/mol. The second-order valence-electron chi connectivity index (χ2n) is 11.2. The number of carbonyl (C=O) groups is 2. The number of urea groups is 1. The van der Waals surface area contributed by atoms with E-state index in [1.165, 1.54) is 6.07 Å². The number of hydrogen-bond donors (Lipinski definition) is 2. The SMILES string of the molecule is Cc1cnc(NC(=O)[C@H]2CCC[C@@H](NC(=O)N3CCN(C)CC3)C2)cc1-c1cc(F)c2ncn(C(C)C)c2c1. The van der Waals surface area contributed by atoms with Crippen LogP contribution in [0, 0.1) is 18.7 Å². The lowest BCUT2D eigenvalue weighted by atomic mass is 9.85. The van der Waals surface area contributed by atoms with Gasteiger partial charge in [0.15, 0.2) is 5.82 Å². The van der Waals surface area contributed by atoms with Crippen LogP contribution in [0.5, 0.6) is 0 Å². The average Bonchev–Trinajstić information content (AvgIpc) is 3.35. The van der Waals surface area contributed by atoms with Gasteiger partial charge in [0.05, 0.1) is 11.8 Å². The van der Waals surface area contributed by atoms with Gasteiger partial charge >= 0.3 is 6.03 Å². The van der Waals surface area contributed by atoms with Crippen molar-refractivity contribution in [1.82, 2.24) is 29.7 Å². The lowest BCUT2D eigenvalue weighted by molar-refractivity contribution is -0.121. The van der Waals surface area contributed by atoms with E-state index in [9.17, 15) is 14.0 Å². The van der Waals surface area contributed by atoms with Gasteiger partial charge < -0.3 is 25.0 Å². The van der Waals surface area contributed by atoms with Crippen molar-refractivity contribution in [3.8, 4) is 11.1 Å². The fourth-order valence-corrected chi connectivity index (χ4v) is 5.62. The molecule has 1 saturated heterocycles. The molecule has 9 nitrogen and oxygen atoms in total. The van der Waals surface area contributed by atoms with Crippen molar-refractivity contribution in [3.63, 3.8) is 0 Å². The number of nitrogens with one attached hydrogen (secondary N) is 2. The fraction of sp³-hybridized carbons (Fsp3) is 0.517. The standard InChI is InChI=1S/C29H38FN7O2/c1-18(2)37-17-32-27-24(30)13-21(14-25(27)37)23-15-26(31-16-19(23)3)34-28(38)20-6-5-7-22(12-20)33-29(39)36-10-8-35(4)9-11-36/h13-18,20,22H,5-12H2,1-4H3,(H,33,39)(H,31,34,38)/t20-,22+/m0/s1. The minimum Gasteiger partial charge on any atom is -0.335 e. The van der Waals surface area contributed by atoms with E-state index in [0.29, 0.717) is 23.3 Å². The number of aryl methyl sites for hydroxylation is 1. The molecule has 1 aromatic carbocycles. The molecule has 2 aromatic heterocycles. The molecule has 1 aliphatic carbocycles. The number of rotatable bonds is 5. The Bertz CT molecular complexity index is 1360. The number of piperazine rings is 1. The summed E-state index contributed by atoms with van der Waals surface area (Å²) in [5.74, 6) is -0.259. The van der Waals surface area contributed by atoms with E-state index in [4.69, 9.17) is 0 Å². The number of carbonyl (C=O) groups excluding carboxylic acids is 2. The van der Waals surface area contributed by atoms with Gasteiger partial charge in [0, 0.05) is 50.4 Å². The molecular weight excluding hydrogens is 497 g/mol. The molecule has 0 unspecified atom stereocenters. The van der Waals surface area contributed by atoms with Crippen LogP contribution in [0.4, 0.5) is 15.0 Å². The maximum atomic E-state index is 15.0. The molecule has 1 saturated carbocycles. The summed E-state index contributed by atoms with van der Waals surface area (Å²) in [6.07, 6.45) is 6.49. The first-order valence-corrected chi connectivity index (χ1v) is 13.9. The molecule has 208 valence electrons.